The summed E-state index contributed by atoms with van der Waals surface area (Å²) in [6.07, 6.45) is 0.192. The third-order valence-corrected chi connectivity index (χ3v) is 6.87. The second-order valence-electron chi connectivity index (χ2n) is 7.86. The third-order valence-electron chi connectivity index (χ3n) is 5.40. The minimum Gasteiger partial charge on any atom is -0.481 e. The number of rotatable bonds is 6. The monoisotopic (exact) mass is 430 g/mol. The Labute approximate surface area is 176 Å². The Balaban J connectivity index is 1.96. The molecule has 0 radical (unpaired) electrons. The van der Waals surface area contributed by atoms with Crippen molar-refractivity contribution < 1.29 is 23.1 Å². The minimum absolute atomic E-state index is 0.0434. The summed E-state index contributed by atoms with van der Waals surface area (Å²) in [6, 6.07) is 9.27. The smallest absolute Gasteiger partial charge is 0.305 e. The highest BCUT2D eigenvalue weighted by atomic mass is 32.2. The van der Waals surface area contributed by atoms with Crippen molar-refractivity contribution >= 4 is 27.6 Å². The van der Waals surface area contributed by atoms with E-state index in [0.717, 1.165) is 16.7 Å². The maximum atomic E-state index is 13.1. The van der Waals surface area contributed by atoms with Crippen LogP contribution in [0.5, 0.6) is 0 Å². The average molecular weight is 431 g/mol. The number of anilines is 1. The number of carboxylic acid groups (broad SMARTS) is 1. The second-order valence-corrected chi connectivity index (χ2v) is 9.58. The van der Waals surface area contributed by atoms with Crippen LogP contribution in [-0.4, -0.2) is 31.4 Å². The molecule has 2 N–H and O–H groups in total. The van der Waals surface area contributed by atoms with Crippen LogP contribution in [0.2, 0.25) is 0 Å². The molecule has 2 aromatic carbocycles. The molecule has 0 bridgehead atoms. The number of hydrogen-bond donors (Lipinski definition) is 2. The number of nitrogens with one attached hydrogen (secondary N) is 1. The number of aliphatic carboxylic acids is 1. The van der Waals surface area contributed by atoms with Crippen LogP contribution in [0.4, 0.5) is 5.69 Å². The summed E-state index contributed by atoms with van der Waals surface area (Å²) in [5, 5.41) is 9.34. The Hall–Kier alpha value is -2.71. The predicted molar refractivity (Wildman–Crippen MR) is 114 cm³/mol. The van der Waals surface area contributed by atoms with E-state index >= 15 is 0 Å². The fourth-order valence-corrected chi connectivity index (χ4v) is 5.30. The highest BCUT2D eigenvalue weighted by Gasteiger charge is 2.31. The van der Waals surface area contributed by atoms with Crippen molar-refractivity contribution in [3.63, 3.8) is 0 Å². The molecule has 1 aliphatic heterocycles. The molecule has 0 aliphatic carbocycles. The Bertz CT molecular complexity index is 1110. The Kier molecular flexibility index (Phi) is 6.01. The number of nitrogens with zero attached hydrogens (tertiary/aromatic N) is 1. The van der Waals surface area contributed by atoms with E-state index < -0.39 is 22.0 Å². The van der Waals surface area contributed by atoms with Gasteiger partial charge in [-0.2, -0.15) is 0 Å². The number of sulfonamides is 1. The number of carbonyl (C=O) groups is 2. The number of aryl methyl sites for hydroxylation is 2. The number of benzene rings is 2. The molecule has 0 aromatic heterocycles. The fourth-order valence-electron chi connectivity index (χ4n) is 4.03. The fraction of sp³-hybridized carbons (Fsp3) is 0.364. The minimum atomic E-state index is -3.98. The summed E-state index contributed by atoms with van der Waals surface area (Å²) in [7, 11) is -3.98. The lowest BCUT2D eigenvalue weighted by Crippen LogP contribution is -2.33. The molecule has 1 amide bonds. The van der Waals surface area contributed by atoms with Crippen LogP contribution in [0.3, 0.4) is 0 Å². The molecule has 1 heterocycles. The number of amides is 1. The van der Waals surface area contributed by atoms with Gasteiger partial charge in [0.1, 0.15) is 0 Å². The van der Waals surface area contributed by atoms with Crippen LogP contribution < -0.4 is 9.62 Å². The maximum Gasteiger partial charge on any atom is 0.305 e. The van der Waals surface area contributed by atoms with E-state index in [1.165, 1.54) is 13.0 Å². The molecular weight excluding hydrogens is 404 g/mol. The van der Waals surface area contributed by atoms with Crippen LogP contribution in [0, 0.1) is 13.8 Å². The Morgan fingerprint density at radius 1 is 1.20 bits per heavy atom. The lowest BCUT2D eigenvalue weighted by atomic mass is 9.97. The zero-order valence-corrected chi connectivity index (χ0v) is 18.3. The Morgan fingerprint density at radius 3 is 2.53 bits per heavy atom. The van der Waals surface area contributed by atoms with E-state index in [1.54, 1.807) is 23.1 Å². The lowest BCUT2D eigenvalue weighted by molar-refractivity contribution is -0.137. The summed E-state index contributed by atoms with van der Waals surface area (Å²) in [4.78, 5) is 25.0. The quantitative estimate of drug-likeness (QED) is 0.733. The van der Waals surface area contributed by atoms with Gasteiger partial charge in [-0.05, 0) is 62.1 Å². The van der Waals surface area contributed by atoms with Gasteiger partial charge in [0.15, 0.2) is 0 Å². The van der Waals surface area contributed by atoms with Crippen molar-refractivity contribution in [2.24, 2.45) is 0 Å². The van der Waals surface area contributed by atoms with Crippen molar-refractivity contribution in [1.29, 1.82) is 0 Å². The molecule has 0 saturated carbocycles. The first kappa shape index (κ1) is 22.0. The van der Waals surface area contributed by atoms with Crippen LogP contribution in [-0.2, 0) is 26.0 Å². The molecule has 0 unspecified atom stereocenters. The number of carboxylic acids is 1. The first-order valence-corrected chi connectivity index (χ1v) is 11.2. The molecule has 3 rings (SSSR count). The van der Waals surface area contributed by atoms with Gasteiger partial charge in [-0.1, -0.05) is 23.8 Å². The van der Waals surface area contributed by atoms with Crippen LogP contribution in [0.15, 0.2) is 41.3 Å². The average Bonchev–Trinajstić information content (AvgIpc) is 2.97. The van der Waals surface area contributed by atoms with E-state index in [-0.39, 0.29) is 23.3 Å². The van der Waals surface area contributed by atoms with E-state index in [9.17, 15) is 23.1 Å². The van der Waals surface area contributed by atoms with Gasteiger partial charge in [-0.25, -0.2) is 13.1 Å². The van der Waals surface area contributed by atoms with E-state index in [1.807, 2.05) is 32.9 Å². The van der Waals surface area contributed by atoms with Gasteiger partial charge in [0.25, 0.3) is 0 Å². The SMILES string of the molecule is CC(=O)N1c2ccc(S(=O)(=O)N[C@@H](CC(=O)O)c3cc(C)ccc3C)cc2C[C@H]1C. The van der Waals surface area contributed by atoms with E-state index in [4.69, 9.17) is 0 Å². The Morgan fingerprint density at radius 2 is 1.90 bits per heavy atom. The first-order chi connectivity index (χ1) is 14.0. The second kappa shape index (κ2) is 8.20. The van der Waals surface area contributed by atoms with E-state index in [0.29, 0.717) is 17.7 Å². The standard InChI is InChI=1S/C22H26N2O5S/c1-13-5-6-14(2)19(9-13)20(12-22(26)27)23-30(28,29)18-7-8-21-17(11-18)10-15(3)24(21)16(4)25/h5-9,11,15,20,23H,10,12H2,1-4H3,(H,26,27)/t15-,20+/m1/s1. The van der Waals surface area contributed by atoms with Crippen molar-refractivity contribution in [1.82, 2.24) is 4.72 Å². The highest BCUT2D eigenvalue weighted by Crippen LogP contribution is 2.34. The van der Waals surface area contributed by atoms with Gasteiger partial charge in [0.05, 0.1) is 17.4 Å². The summed E-state index contributed by atoms with van der Waals surface area (Å²) in [5.74, 6) is -1.19. The largest absolute Gasteiger partial charge is 0.481 e. The molecule has 2 atom stereocenters. The van der Waals surface area contributed by atoms with Crippen LogP contribution in [0.1, 0.15) is 48.6 Å². The molecule has 8 heteroatoms. The van der Waals surface area contributed by atoms with Crippen molar-refractivity contribution in [2.75, 3.05) is 4.90 Å². The highest BCUT2D eigenvalue weighted by molar-refractivity contribution is 7.89. The lowest BCUT2D eigenvalue weighted by Gasteiger charge is -2.21. The van der Waals surface area contributed by atoms with Crippen molar-refractivity contribution in [3.8, 4) is 0 Å². The number of carbonyl (C=O) groups excluding carboxylic acids is 1. The normalized spacial score (nSPS) is 16.9. The van der Waals surface area contributed by atoms with Gasteiger partial charge >= 0.3 is 5.97 Å². The maximum absolute atomic E-state index is 13.1. The first-order valence-electron chi connectivity index (χ1n) is 9.73. The molecule has 30 heavy (non-hydrogen) atoms. The number of hydrogen-bond acceptors (Lipinski definition) is 4. The van der Waals surface area contributed by atoms with E-state index in [2.05, 4.69) is 4.72 Å². The van der Waals surface area contributed by atoms with Crippen molar-refractivity contribution in [3.05, 3.63) is 58.7 Å². The molecule has 0 saturated heterocycles. The van der Waals surface area contributed by atoms with Gasteiger partial charge in [-0.3, -0.25) is 9.59 Å². The molecule has 0 fully saturated rings. The molecule has 0 spiro atoms. The van der Waals surface area contributed by atoms with Gasteiger partial charge in [-0.15, -0.1) is 0 Å². The summed E-state index contributed by atoms with van der Waals surface area (Å²) < 4.78 is 28.8. The van der Waals surface area contributed by atoms with Crippen molar-refractivity contribution in [2.45, 2.75) is 57.5 Å². The van der Waals surface area contributed by atoms with Gasteiger partial charge in [0.2, 0.25) is 15.9 Å². The molecule has 7 nitrogen and oxygen atoms in total. The molecular formula is C22H26N2O5S. The van der Waals surface area contributed by atoms with Crippen LogP contribution in [0.25, 0.3) is 0 Å². The summed E-state index contributed by atoms with van der Waals surface area (Å²) >= 11 is 0. The zero-order valence-electron chi connectivity index (χ0n) is 17.5. The topological polar surface area (TPSA) is 104 Å². The summed E-state index contributed by atoms with van der Waals surface area (Å²) in [5.41, 5.74) is 3.86. The number of fused-ring (bicyclic) bond motifs is 1. The molecule has 2 aromatic rings. The third kappa shape index (κ3) is 4.39. The van der Waals surface area contributed by atoms with Gasteiger partial charge in [0, 0.05) is 18.7 Å². The van der Waals surface area contributed by atoms with Crippen LogP contribution >= 0.6 is 0 Å². The molecule has 160 valence electrons. The molecule has 1 aliphatic rings. The van der Waals surface area contributed by atoms with Gasteiger partial charge < -0.3 is 10.0 Å². The predicted octanol–water partition coefficient (Wildman–Crippen LogP) is 3.10. The summed E-state index contributed by atoms with van der Waals surface area (Å²) in [6.45, 7) is 7.10. The zero-order chi connectivity index (χ0) is 22.2.